The molecule has 0 radical (unpaired) electrons. The Hall–Kier alpha value is -5.13. The first-order chi connectivity index (χ1) is 19.8. The number of benzene rings is 4. The predicted octanol–water partition coefficient (Wildman–Crippen LogP) is 9.18. The average Bonchev–Trinajstić information content (AvgIpc) is 3.61. The summed E-state index contributed by atoms with van der Waals surface area (Å²) < 4.78 is 3.56. The van der Waals surface area contributed by atoms with E-state index in [4.69, 9.17) is 9.97 Å². The molecule has 0 saturated carbocycles. The van der Waals surface area contributed by atoms with Gasteiger partial charge in [0, 0.05) is 45.5 Å². The summed E-state index contributed by atoms with van der Waals surface area (Å²) in [6.45, 7) is 0. The first-order valence-electron chi connectivity index (χ1n) is 13.2. The van der Waals surface area contributed by atoms with Gasteiger partial charge in [-0.1, -0.05) is 60.7 Å². The van der Waals surface area contributed by atoms with Crippen molar-refractivity contribution < 1.29 is 0 Å². The second-order valence-electron chi connectivity index (χ2n) is 9.77. The highest BCUT2D eigenvalue weighted by atomic mass is 32.1. The number of hydrogen-bond donors (Lipinski definition) is 0. The summed E-state index contributed by atoms with van der Waals surface area (Å²) in [6.07, 6.45) is 3.63. The molecule has 0 bridgehead atoms. The molecule has 0 spiro atoms. The lowest BCUT2D eigenvalue weighted by Gasteiger charge is -2.11. The summed E-state index contributed by atoms with van der Waals surface area (Å²) in [5.41, 5.74) is 9.50. The van der Waals surface area contributed by atoms with Crippen LogP contribution in [0.3, 0.4) is 0 Å². The van der Waals surface area contributed by atoms with E-state index in [1.165, 1.54) is 21.0 Å². The third kappa shape index (κ3) is 3.79. The van der Waals surface area contributed by atoms with Crippen LogP contribution in [-0.2, 0) is 0 Å². The number of fused-ring (bicyclic) bond motifs is 4. The smallest absolute Gasteiger partial charge is 0.124 e. The van der Waals surface area contributed by atoms with E-state index in [2.05, 4.69) is 107 Å². The van der Waals surface area contributed by atoms with Gasteiger partial charge in [0.25, 0.3) is 0 Å². The van der Waals surface area contributed by atoms with Crippen LogP contribution < -0.4 is 0 Å². The quantitative estimate of drug-likeness (QED) is 0.228. The zero-order valence-corrected chi connectivity index (χ0v) is 22.2. The van der Waals surface area contributed by atoms with Crippen molar-refractivity contribution in [3.05, 3.63) is 134 Å². The third-order valence-electron chi connectivity index (χ3n) is 7.32. The molecule has 4 aromatic heterocycles. The van der Waals surface area contributed by atoms with Crippen molar-refractivity contribution in [3.8, 4) is 38.8 Å². The molecule has 0 atom stereocenters. The summed E-state index contributed by atoms with van der Waals surface area (Å²) in [7, 11) is 0. The molecule has 0 fully saturated rings. The predicted molar refractivity (Wildman–Crippen MR) is 166 cm³/mol. The van der Waals surface area contributed by atoms with Gasteiger partial charge < -0.3 is 4.57 Å². The van der Waals surface area contributed by atoms with Crippen LogP contribution in [0, 0.1) is 0 Å². The van der Waals surface area contributed by atoms with E-state index in [-0.39, 0.29) is 0 Å². The van der Waals surface area contributed by atoms with Crippen LogP contribution in [0.1, 0.15) is 0 Å². The minimum atomic E-state index is 0.911. The zero-order chi connectivity index (χ0) is 26.5. The first-order valence-corrected chi connectivity index (χ1v) is 14.0. The third-order valence-corrected chi connectivity index (χ3v) is 8.41. The maximum absolute atomic E-state index is 4.98. The fourth-order valence-electron chi connectivity index (χ4n) is 5.45. The maximum atomic E-state index is 4.98. The average molecular weight is 531 g/mol. The first kappa shape index (κ1) is 22.8. The largest absolute Gasteiger partial charge is 0.309 e. The summed E-state index contributed by atoms with van der Waals surface area (Å²) in [5, 5.41) is 3.49. The summed E-state index contributed by atoms with van der Waals surface area (Å²) in [6, 6.07) is 42.4. The van der Waals surface area contributed by atoms with E-state index in [1.54, 1.807) is 17.5 Å². The Balaban J connectivity index is 1.30. The van der Waals surface area contributed by atoms with Crippen LogP contribution in [0.2, 0.25) is 0 Å². The molecule has 0 aliphatic carbocycles. The van der Waals surface area contributed by atoms with Crippen molar-refractivity contribution in [3.63, 3.8) is 0 Å². The number of aromatic nitrogens is 4. The van der Waals surface area contributed by atoms with Crippen molar-refractivity contribution in [2.45, 2.75) is 0 Å². The van der Waals surface area contributed by atoms with Crippen LogP contribution in [-0.4, -0.2) is 19.5 Å². The maximum Gasteiger partial charge on any atom is 0.124 e. The van der Waals surface area contributed by atoms with Gasteiger partial charge in [0.2, 0.25) is 0 Å². The van der Waals surface area contributed by atoms with Gasteiger partial charge in [-0.2, -0.15) is 0 Å². The standard InChI is InChI=1S/C35H22N4S/c1-3-15-32-27(11-1)28-18-17-24(35-38-31-12-2-4-16-34(31)40-35)21-33(28)39(32)26-10-5-8-23(20-26)29-13-6-14-30(37-29)25-9-7-19-36-22-25/h1-22H. The fraction of sp³-hybridized carbons (Fsp3) is 0. The molecule has 40 heavy (non-hydrogen) atoms. The van der Waals surface area contributed by atoms with E-state index in [1.807, 2.05) is 30.5 Å². The van der Waals surface area contributed by atoms with Crippen LogP contribution in [0.5, 0.6) is 0 Å². The van der Waals surface area contributed by atoms with Crippen LogP contribution in [0.25, 0.3) is 70.8 Å². The van der Waals surface area contributed by atoms with Crippen LogP contribution in [0.4, 0.5) is 0 Å². The van der Waals surface area contributed by atoms with Gasteiger partial charge in [-0.15, -0.1) is 11.3 Å². The highest BCUT2D eigenvalue weighted by Gasteiger charge is 2.15. The minimum absolute atomic E-state index is 0.911. The molecule has 0 unspecified atom stereocenters. The molecule has 8 rings (SSSR count). The number of rotatable bonds is 4. The zero-order valence-electron chi connectivity index (χ0n) is 21.4. The molecule has 188 valence electrons. The Morgan fingerprint density at radius 1 is 0.550 bits per heavy atom. The van der Waals surface area contributed by atoms with Crippen LogP contribution in [0.15, 0.2) is 134 Å². The summed E-state index contributed by atoms with van der Waals surface area (Å²) in [5.74, 6) is 0. The number of hydrogen-bond acceptors (Lipinski definition) is 4. The normalized spacial score (nSPS) is 11.5. The van der Waals surface area contributed by atoms with E-state index in [0.29, 0.717) is 0 Å². The van der Waals surface area contributed by atoms with E-state index < -0.39 is 0 Å². The molecular weight excluding hydrogens is 508 g/mol. The lowest BCUT2D eigenvalue weighted by molar-refractivity contribution is 1.18. The van der Waals surface area contributed by atoms with Gasteiger partial charge in [0.15, 0.2) is 0 Å². The molecule has 0 N–H and O–H groups in total. The molecule has 4 nitrogen and oxygen atoms in total. The summed E-state index contributed by atoms with van der Waals surface area (Å²) in [4.78, 5) is 14.2. The molecule has 0 aliphatic heterocycles. The van der Waals surface area contributed by atoms with Gasteiger partial charge in [-0.3, -0.25) is 4.98 Å². The van der Waals surface area contributed by atoms with Gasteiger partial charge in [0.1, 0.15) is 5.01 Å². The highest BCUT2D eigenvalue weighted by molar-refractivity contribution is 7.21. The molecule has 0 aliphatic rings. The Bertz CT molecular complexity index is 2140. The monoisotopic (exact) mass is 530 g/mol. The van der Waals surface area contributed by atoms with Crippen molar-refractivity contribution >= 4 is 43.4 Å². The highest BCUT2D eigenvalue weighted by Crippen LogP contribution is 2.37. The number of nitrogens with zero attached hydrogens (tertiary/aromatic N) is 4. The fourth-order valence-corrected chi connectivity index (χ4v) is 6.41. The van der Waals surface area contributed by atoms with Crippen molar-refractivity contribution in [1.82, 2.24) is 19.5 Å². The second-order valence-corrected chi connectivity index (χ2v) is 10.8. The van der Waals surface area contributed by atoms with E-state index in [0.717, 1.165) is 49.8 Å². The van der Waals surface area contributed by atoms with E-state index >= 15 is 0 Å². The lowest BCUT2D eigenvalue weighted by atomic mass is 10.1. The Morgan fingerprint density at radius 2 is 1.35 bits per heavy atom. The van der Waals surface area contributed by atoms with Gasteiger partial charge in [-0.25, -0.2) is 9.97 Å². The van der Waals surface area contributed by atoms with E-state index in [9.17, 15) is 0 Å². The minimum Gasteiger partial charge on any atom is -0.309 e. The lowest BCUT2D eigenvalue weighted by Crippen LogP contribution is -1.95. The van der Waals surface area contributed by atoms with Crippen molar-refractivity contribution in [2.75, 3.05) is 0 Å². The SMILES string of the molecule is c1cncc(-c2cccc(-c3cccc(-n4c5ccccc5c5ccc(-c6nc7ccccc7s6)cc54)c3)n2)c1. The Morgan fingerprint density at radius 3 is 2.25 bits per heavy atom. The summed E-state index contributed by atoms with van der Waals surface area (Å²) >= 11 is 1.73. The van der Waals surface area contributed by atoms with Gasteiger partial charge >= 0.3 is 0 Å². The molecule has 8 aromatic rings. The second kappa shape index (κ2) is 9.26. The molecule has 4 heterocycles. The molecule has 0 saturated heterocycles. The Kier molecular flexibility index (Phi) is 5.28. The van der Waals surface area contributed by atoms with Crippen LogP contribution >= 0.6 is 11.3 Å². The van der Waals surface area contributed by atoms with Gasteiger partial charge in [0.05, 0.1) is 32.6 Å². The van der Waals surface area contributed by atoms with Crippen molar-refractivity contribution in [2.24, 2.45) is 0 Å². The number of thiazole rings is 1. The molecule has 5 heteroatoms. The molecule has 0 amide bonds. The number of para-hydroxylation sites is 2. The van der Waals surface area contributed by atoms with Crippen molar-refractivity contribution in [1.29, 1.82) is 0 Å². The van der Waals surface area contributed by atoms with Gasteiger partial charge in [-0.05, 0) is 60.7 Å². The Labute approximate surface area is 234 Å². The topological polar surface area (TPSA) is 43.6 Å². The molecular formula is C35H22N4S. The molecule has 4 aromatic carbocycles. The number of pyridine rings is 2.